The van der Waals surface area contributed by atoms with Crippen molar-refractivity contribution in [3.8, 4) is 0 Å². The van der Waals surface area contributed by atoms with E-state index in [1.807, 2.05) is 18.5 Å². The lowest BCUT2D eigenvalue weighted by Gasteiger charge is -2.31. The Balaban J connectivity index is 1.46. The maximum Gasteiger partial charge on any atom is 0.128 e. The van der Waals surface area contributed by atoms with E-state index in [1.165, 1.54) is 5.01 Å². The maximum absolute atomic E-state index is 5.96. The van der Waals surface area contributed by atoms with E-state index in [0.717, 1.165) is 58.2 Å². The van der Waals surface area contributed by atoms with E-state index in [1.54, 1.807) is 11.3 Å². The van der Waals surface area contributed by atoms with Crippen LogP contribution in [0.5, 0.6) is 0 Å². The van der Waals surface area contributed by atoms with Crippen molar-refractivity contribution >= 4 is 17.2 Å². The van der Waals surface area contributed by atoms with Crippen LogP contribution in [0.4, 0.5) is 5.82 Å². The third-order valence-electron chi connectivity index (χ3n) is 4.77. The molecule has 2 aromatic heterocycles. The summed E-state index contributed by atoms with van der Waals surface area (Å²) < 4.78 is 5.96. The van der Waals surface area contributed by atoms with Gasteiger partial charge in [0.25, 0.3) is 0 Å². The van der Waals surface area contributed by atoms with Crippen LogP contribution in [0.2, 0.25) is 0 Å². The van der Waals surface area contributed by atoms with Gasteiger partial charge in [0.2, 0.25) is 0 Å². The highest BCUT2D eigenvalue weighted by Crippen LogP contribution is 2.35. The zero-order valence-electron chi connectivity index (χ0n) is 13.2. The molecule has 0 unspecified atom stereocenters. The molecule has 23 heavy (non-hydrogen) atoms. The first-order valence-corrected chi connectivity index (χ1v) is 9.05. The molecular formula is C17H22N4OS. The second-order valence-corrected chi connectivity index (χ2v) is 7.53. The predicted octanol–water partition coefficient (Wildman–Crippen LogP) is 2.27. The van der Waals surface area contributed by atoms with Gasteiger partial charge in [0.1, 0.15) is 10.8 Å². The normalized spacial score (nSPS) is 25.8. The van der Waals surface area contributed by atoms with Crippen molar-refractivity contribution in [2.24, 2.45) is 5.41 Å². The van der Waals surface area contributed by atoms with Crippen molar-refractivity contribution in [1.82, 2.24) is 14.9 Å². The molecule has 0 bridgehead atoms. The topological polar surface area (TPSA) is 41.5 Å². The van der Waals surface area contributed by atoms with Crippen LogP contribution in [0, 0.1) is 5.41 Å². The molecule has 4 rings (SSSR count). The Morgan fingerprint density at radius 3 is 3.00 bits per heavy atom. The maximum atomic E-state index is 5.96. The lowest BCUT2D eigenvalue weighted by molar-refractivity contribution is 0.0798. The first-order valence-electron chi connectivity index (χ1n) is 8.18. The van der Waals surface area contributed by atoms with E-state index in [9.17, 15) is 0 Å². The second kappa shape index (κ2) is 6.55. The molecule has 2 aromatic rings. The van der Waals surface area contributed by atoms with Crippen LogP contribution in [0.25, 0.3) is 0 Å². The third-order valence-corrected chi connectivity index (χ3v) is 5.54. The summed E-state index contributed by atoms with van der Waals surface area (Å²) in [6, 6.07) is 6.13. The van der Waals surface area contributed by atoms with Crippen molar-refractivity contribution < 1.29 is 4.74 Å². The monoisotopic (exact) mass is 330 g/mol. The smallest absolute Gasteiger partial charge is 0.128 e. The molecule has 2 fully saturated rings. The molecule has 0 radical (unpaired) electrons. The number of ether oxygens (including phenoxy) is 1. The lowest BCUT2D eigenvalue weighted by Crippen LogP contribution is -2.40. The Labute approximate surface area is 140 Å². The molecule has 0 amide bonds. The number of hydrogen-bond acceptors (Lipinski definition) is 6. The zero-order valence-corrected chi connectivity index (χ0v) is 14.0. The summed E-state index contributed by atoms with van der Waals surface area (Å²) >= 11 is 1.74. The minimum atomic E-state index is 0.214. The third kappa shape index (κ3) is 3.39. The summed E-state index contributed by atoms with van der Waals surface area (Å²) in [4.78, 5) is 13.8. The molecule has 0 saturated carbocycles. The minimum Gasteiger partial charge on any atom is -0.379 e. The number of hydrogen-bond donors (Lipinski definition) is 0. The SMILES string of the molecule is c1ccc(N2CC[C@]3(COCCN(Cc4nccs4)C3)C2)nc1. The van der Waals surface area contributed by atoms with Crippen molar-refractivity contribution in [2.75, 3.05) is 44.3 Å². The van der Waals surface area contributed by atoms with E-state index >= 15 is 0 Å². The van der Waals surface area contributed by atoms with Gasteiger partial charge >= 0.3 is 0 Å². The fourth-order valence-electron chi connectivity index (χ4n) is 3.66. The van der Waals surface area contributed by atoms with Gasteiger partial charge in [0.05, 0.1) is 19.8 Å². The van der Waals surface area contributed by atoms with E-state index in [2.05, 4.69) is 37.3 Å². The standard InChI is InChI=1S/C17H22N4OS/c1-2-5-18-15(3-1)21-7-4-17(13-21)12-20(8-9-22-14-17)11-16-19-6-10-23-16/h1-3,5-6,10H,4,7-9,11-14H2/t17-/m1/s1. The Kier molecular flexibility index (Phi) is 4.29. The van der Waals surface area contributed by atoms with Gasteiger partial charge in [-0.15, -0.1) is 11.3 Å². The largest absolute Gasteiger partial charge is 0.379 e. The molecule has 4 heterocycles. The molecule has 1 atom stereocenters. The first kappa shape index (κ1) is 15.1. The van der Waals surface area contributed by atoms with E-state index < -0.39 is 0 Å². The van der Waals surface area contributed by atoms with E-state index in [-0.39, 0.29) is 5.41 Å². The van der Waals surface area contributed by atoms with Crippen LogP contribution < -0.4 is 4.90 Å². The number of thiazole rings is 1. The van der Waals surface area contributed by atoms with Crippen molar-refractivity contribution in [1.29, 1.82) is 0 Å². The molecule has 0 N–H and O–H groups in total. The average molecular weight is 330 g/mol. The van der Waals surface area contributed by atoms with Gasteiger partial charge in [-0.3, -0.25) is 4.90 Å². The second-order valence-electron chi connectivity index (χ2n) is 6.55. The first-order chi connectivity index (χ1) is 11.3. The van der Waals surface area contributed by atoms with Crippen LogP contribution >= 0.6 is 11.3 Å². The van der Waals surface area contributed by atoms with E-state index in [4.69, 9.17) is 4.74 Å². The number of pyridine rings is 1. The molecule has 0 aliphatic carbocycles. The van der Waals surface area contributed by atoms with Gasteiger partial charge in [0.15, 0.2) is 0 Å². The van der Waals surface area contributed by atoms with Gasteiger partial charge in [-0.05, 0) is 18.6 Å². The molecule has 5 nitrogen and oxygen atoms in total. The summed E-state index contributed by atoms with van der Waals surface area (Å²) in [5.74, 6) is 1.08. The molecule has 122 valence electrons. The quantitative estimate of drug-likeness (QED) is 0.863. The average Bonchev–Trinajstić information content (AvgIpc) is 3.18. The number of anilines is 1. The van der Waals surface area contributed by atoms with Crippen molar-refractivity contribution in [2.45, 2.75) is 13.0 Å². The fraction of sp³-hybridized carbons (Fsp3) is 0.529. The van der Waals surface area contributed by atoms with Crippen LogP contribution in [0.3, 0.4) is 0 Å². The number of aromatic nitrogens is 2. The van der Waals surface area contributed by atoms with Crippen LogP contribution in [-0.2, 0) is 11.3 Å². The number of nitrogens with zero attached hydrogens (tertiary/aromatic N) is 4. The molecule has 0 aromatic carbocycles. The van der Waals surface area contributed by atoms with Crippen LogP contribution in [0.15, 0.2) is 36.0 Å². The summed E-state index contributed by atoms with van der Waals surface area (Å²) in [5.41, 5.74) is 0.214. The molecule has 2 aliphatic rings. The van der Waals surface area contributed by atoms with Crippen LogP contribution in [-0.4, -0.2) is 54.3 Å². The van der Waals surface area contributed by atoms with Gasteiger partial charge in [0, 0.05) is 49.4 Å². The summed E-state index contributed by atoms with van der Waals surface area (Å²) in [6.45, 7) is 6.76. The highest BCUT2D eigenvalue weighted by atomic mass is 32.1. The van der Waals surface area contributed by atoms with E-state index in [0.29, 0.717) is 0 Å². The summed E-state index contributed by atoms with van der Waals surface area (Å²) in [6.07, 6.45) is 4.93. The molecule has 6 heteroatoms. The fourth-order valence-corrected chi connectivity index (χ4v) is 4.31. The highest BCUT2D eigenvalue weighted by molar-refractivity contribution is 7.09. The van der Waals surface area contributed by atoms with Crippen molar-refractivity contribution in [3.05, 3.63) is 41.0 Å². The Bertz CT molecular complexity index is 621. The highest BCUT2D eigenvalue weighted by Gasteiger charge is 2.41. The lowest BCUT2D eigenvalue weighted by atomic mass is 9.87. The van der Waals surface area contributed by atoms with Crippen molar-refractivity contribution in [3.63, 3.8) is 0 Å². The van der Waals surface area contributed by atoms with Gasteiger partial charge < -0.3 is 9.64 Å². The predicted molar refractivity (Wildman–Crippen MR) is 91.7 cm³/mol. The minimum absolute atomic E-state index is 0.214. The summed E-state index contributed by atoms with van der Waals surface area (Å²) in [7, 11) is 0. The molecular weight excluding hydrogens is 308 g/mol. The van der Waals surface area contributed by atoms with Crippen LogP contribution in [0.1, 0.15) is 11.4 Å². The summed E-state index contributed by atoms with van der Waals surface area (Å²) in [5, 5.41) is 3.25. The molecule has 1 spiro atoms. The van der Waals surface area contributed by atoms with Gasteiger partial charge in [-0.2, -0.15) is 0 Å². The zero-order chi connectivity index (χ0) is 15.5. The number of rotatable bonds is 3. The van der Waals surface area contributed by atoms with Gasteiger partial charge in [-0.1, -0.05) is 6.07 Å². The Hall–Kier alpha value is -1.50. The van der Waals surface area contributed by atoms with Gasteiger partial charge in [-0.25, -0.2) is 9.97 Å². The Morgan fingerprint density at radius 1 is 1.17 bits per heavy atom. The molecule has 2 saturated heterocycles. The molecule has 2 aliphatic heterocycles. The Morgan fingerprint density at radius 2 is 2.17 bits per heavy atom.